The highest BCUT2D eigenvalue weighted by Gasteiger charge is 2.22. The van der Waals surface area contributed by atoms with E-state index in [1.807, 2.05) is 0 Å². The monoisotopic (exact) mass is 160 g/mol. The second kappa shape index (κ2) is 3.69. The van der Waals surface area contributed by atoms with Crippen LogP contribution in [0.3, 0.4) is 0 Å². The van der Waals surface area contributed by atoms with Crippen molar-refractivity contribution in [2.45, 2.75) is 32.2 Å². The Balaban J connectivity index is 2.28. The van der Waals surface area contributed by atoms with Crippen LogP contribution in [0.25, 0.3) is 0 Å². The van der Waals surface area contributed by atoms with Gasteiger partial charge in [0, 0.05) is 19.8 Å². The average molecular weight is 160 g/mol. The van der Waals surface area contributed by atoms with E-state index in [0.717, 1.165) is 0 Å². The third-order valence-electron chi connectivity index (χ3n) is 1.55. The Labute approximate surface area is 65.1 Å². The fourth-order valence-corrected chi connectivity index (χ4v) is 1.09. The molecule has 0 amide bonds. The SMILES string of the molecule is CC(=O)O[C@H]1CCO[C@@H](O)C1. The summed E-state index contributed by atoms with van der Waals surface area (Å²) in [6.07, 6.45) is 0.125. The molecule has 2 atom stereocenters. The van der Waals surface area contributed by atoms with E-state index in [-0.39, 0.29) is 12.1 Å². The topological polar surface area (TPSA) is 55.8 Å². The molecule has 0 unspecified atom stereocenters. The van der Waals surface area contributed by atoms with Gasteiger partial charge in [0.05, 0.1) is 6.61 Å². The molecule has 1 fully saturated rings. The van der Waals surface area contributed by atoms with E-state index >= 15 is 0 Å². The summed E-state index contributed by atoms with van der Waals surface area (Å²) in [5, 5.41) is 8.98. The van der Waals surface area contributed by atoms with Crippen molar-refractivity contribution in [3.63, 3.8) is 0 Å². The lowest BCUT2D eigenvalue weighted by Gasteiger charge is -2.25. The maximum atomic E-state index is 10.5. The zero-order valence-electron chi connectivity index (χ0n) is 6.45. The zero-order valence-corrected chi connectivity index (χ0v) is 6.45. The van der Waals surface area contributed by atoms with Crippen molar-refractivity contribution in [2.75, 3.05) is 6.61 Å². The van der Waals surface area contributed by atoms with Gasteiger partial charge < -0.3 is 14.6 Å². The summed E-state index contributed by atoms with van der Waals surface area (Å²) >= 11 is 0. The average Bonchev–Trinajstić information content (AvgIpc) is 1.85. The van der Waals surface area contributed by atoms with Crippen LogP contribution in [-0.2, 0) is 14.3 Å². The molecule has 0 aromatic heterocycles. The molecule has 1 aliphatic rings. The van der Waals surface area contributed by atoms with Gasteiger partial charge in [0.15, 0.2) is 6.29 Å². The van der Waals surface area contributed by atoms with Gasteiger partial charge in [-0.05, 0) is 0 Å². The summed E-state index contributed by atoms with van der Waals surface area (Å²) in [6, 6.07) is 0. The molecule has 64 valence electrons. The van der Waals surface area contributed by atoms with Gasteiger partial charge >= 0.3 is 5.97 Å². The van der Waals surface area contributed by atoms with E-state index in [1.165, 1.54) is 6.92 Å². The van der Waals surface area contributed by atoms with E-state index in [1.54, 1.807) is 0 Å². The largest absolute Gasteiger partial charge is 0.462 e. The number of hydrogen-bond donors (Lipinski definition) is 1. The lowest BCUT2D eigenvalue weighted by atomic mass is 10.1. The van der Waals surface area contributed by atoms with Gasteiger partial charge in [-0.15, -0.1) is 0 Å². The Morgan fingerprint density at radius 1 is 1.73 bits per heavy atom. The van der Waals surface area contributed by atoms with Gasteiger partial charge in [0.2, 0.25) is 0 Å². The molecule has 0 bridgehead atoms. The fraction of sp³-hybridized carbons (Fsp3) is 0.857. The Bertz CT molecular complexity index is 145. The van der Waals surface area contributed by atoms with Crippen molar-refractivity contribution in [2.24, 2.45) is 0 Å². The van der Waals surface area contributed by atoms with Gasteiger partial charge in [-0.3, -0.25) is 4.79 Å². The van der Waals surface area contributed by atoms with Gasteiger partial charge in [0.1, 0.15) is 6.10 Å². The van der Waals surface area contributed by atoms with Crippen LogP contribution in [-0.4, -0.2) is 30.1 Å². The van der Waals surface area contributed by atoms with Crippen molar-refractivity contribution < 1.29 is 19.4 Å². The minimum atomic E-state index is -0.770. The number of hydrogen-bond acceptors (Lipinski definition) is 4. The molecule has 0 aromatic rings. The predicted molar refractivity (Wildman–Crippen MR) is 36.7 cm³/mol. The van der Waals surface area contributed by atoms with Crippen LogP contribution in [0.2, 0.25) is 0 Å². The molecular weight excluding hydrogens is 148 g/mol. The van der Waals surface area contributed by atoms with Crippen LogP contribution in [0, 0.1) is 0 Å². The van der Waals surface area contributed by atoms with Crippen molar-refractivity contribution in [3.8, 4) is 0 Å². The van der Waals surface area contributed by atoms with E-state index in [2.05, 4.69) is 0 Å². The Morgan fingerprint density at radius 2 is 2.45 bits per heavy atom. The molecule has 4 heteroatoms. The summed E-state index contributed by atoms with van der Waals surface area (Å²) in [7, 11) is 0. The van der Waals surface area contributed by atoms with Crippen molar-refractivity contribution in [1.29, 1.82) is 0 Å². The molecule has 0 spiro atoms. The molecule has 0 aliphatic carbocycles. The quantitative estimate of drug-likeness (QED) is 0.550. The maximum Gasteiger partial charge on any atom is 0.302 e. The molecule has 1 saturated heterocycles. The first-order chi connectivity index (χ1) is 5.18. The number of rotatable bonds is 1. The summed E-state index contributed by atoms with van der Waals surface area (Å²) in [6.45, 7) is 1.82. The third kappa shape index (κ3) is 2.86. The third-order valence-corrected chi connectivity index (χ3v) is 1.55. The minimum Gasteiger partial charge on any atom is -0.462 e. The van der Waals surface area contributed by atoms with Gasteiger partial charge in [-0.1, -0.05) is 0 Å². The second-order valence-electron chi connectivity index (χ2n) is 2.58. The summed E-state index contributed by atoms with van der Waals surface area (Å²) < 4.78 is 9.74. The first-order valence-electron chi connectivity index (χ1n) is 3.65. The molecule has 4 nitrogen and oxygen atoms in total. The minimum absolute atomic E-state index is 0.170. The van der Waals surface area contributed by atoms with E-state index in [9.17, 15) is 4.79 Å². The predicted octanol–water partition coefficient (Wildman–Crippen LogP) is 0.0469. The Hall–Kier alpha value is -0.610. The lowest BCUT2D eigenvalue weighted by Crippen LogP contribution is -2.31. The molecule has 0 saturated carbocycles. The molecular formula is C7H12O4. The molecule has 11 heavy (non-hydrogen) atoms. The molecule has 1 rings (SSSR count). The Kier molecular flexibility index (Phi) is 2.84. The van der Waals surface area contributed by atoms with Gasteiger partial charge in [-0.25, -0.2) is 0 Å². The highest BCUT2D eigenvalue weighted by atomic mass is 16.6. The lowest BCUT2D eigenvalue weighted by molar-refractivity contribution is -0.175. The highest BCUT2D eigenvalue weighted by Crippen LogP contribution is 2.14. The van der Waals surface area contributed by atoms with Gasteiger partial charge in [0.25, 0.3) is 0 Å². The summed E-state index contributed by atoms with van der Waals surface area (Å²) in [4.78, 5) is 10.5. The number of carbonyl (C=O) groups is 1. The van der Waals surface area contributed by atoms with Crippen LogP contribution in [0.4, 0.5) is 0 Å². The van der Waals surface area contributed by atoms with Crippen LogP contribution in [0.1, 0.15) is 19.8 Å². The first kappa shape index (κ1) is 8.49. The summed E-state index contributed by atoms with van der Waals surface area (Å²) in [5.41, 5.74) is 0. The smallest absolute Gasteiger partial charge is 0.302 e. The molecule has 1 heterocycles. The first-order valence-corrected chi connectivity index (χ1v) is 3.65. The number of esters is 1. The molecule has 1 N–H and O–H groups in total. The highest BCUT2D eigenvalue weighted by molar-refractivity contribution is 5.66. The zero-order chi connectivity index (χ0) is 8.27. The number of carbonyl (C=O) groups excluding carboxylic acids is 1. The maximum absolute atomic E-state index is 10.5. The van der Waals surface area contributed by atoms with Crippen LogP contribution in [0.5, 0.6) is 0 Å². The van der Waals surface area contributed by atoms with Gasteiger partial charge in [-0.2, -0.15) is 0 Å². The second-order valence-corrected chi connectivity index (χ2v) is 2.58. The van der Waals surface area contributed by atoms with Crippen molar-refractivity contribution in [3.05, 3.63) is 0 Å². The van der Waals surface area contributed by atoms with E-state index in [0.29, 0.717) is 19.4 Å². The molecule has 0 radical (unpaired) electrons. The standard InChI is InChI=1S/C7H12O4/c1-5(8)11-6-2-3-10-7(9)4-6/h6-7,9H,2-4H2,1H3/t6-,7+/m0/s1. The van der Waals surface area contributed by atoms with Crippen molar-refractivity contribution in [1.82, 2.24) is 0 Å². The fourth-order valence-electron chi connectivity index (χ4n) is 1.09. The normalized spacial score (nSPS) is 31.5. The number of aliphatic hydroxyl groups excluding tert-OH is 1. The van der Waals surface area contributed by atoms with E-state index in [4.69, 9.17) is 14.6 Å². The van der Waals surface area contributed by atoms with Crippen molar-refractivity contribution >= 4 is 5.97 Å². The number of ether oxygens (including phenoxy) is 2. The number of aliphatic hydroxyl groups is 1. The molecule has 0 aromatic carbocycles. The molecule has 1 aliphatic heterocycles. The van der Waals surface area contributed by atoms with Crippen LogP contribution in [0.15, 0.2) is 0 Å². The summed E-state index contributed by atoms with van der Waals surface area (Å²) in [5.74, 6) is -0.302. The Morgan fingerprint density at radius 3 is 3.00 bits per heavy atom. The van der Waals surface area contributed by atoms with Crippen LogP contribution >= 0.6 is 0 Å². The van der Waals surface area contributed by atoms with E-state index < -0.39 is 6.29 Å². The van der Waals surface area contributed by atoms with Crippen LogP contribution < -0.4 is 0 Å².